The lowest BCUT2D eigenvalue weighted by molar-refractivity contribution is 0.872. The van der Waals surface area contributed by atoms with Gasteiger partial charge in [0.1, 0.15) is 0 Å². The first-order valence-electron chi connectivity index (χ1n) is 11.7. The molecule has 0 spiro atoms. The number of nitrogens with two attached hydrogens (primary N) is 3. The third kappa shape index (κ3) is 7.64. The van der Waals surface area contributed by atoms with Crippen LogP contribution in [-0.2, 0) is 0 Å². The van der Waals surface area contributed by atoms with E-state index >= 15 is 0 Å². The Morgan fingerprint density at radius 1 is 0.500 bits per heavy atom. The van der Waals surface area contributed by atoms with E-state index in [2.05, 4.69) is 97.5 Å². The van der Waals surface area contributed by atoms with E-state index in [1.165, 1.54) is 16.7 Å². The molecule has 0 fully saturated rings. The number of halogens is 1. The van der Waals surface area contributed by atoms with E-state index in [-0.39, 0.29) is 6.04 Å². The summed E-state index contributed by atoms with van der Waals surface area (Å²) in [4.78, 5) is 0. The molecule has 0 radical (unpaired) electrons. The van der Waals surface area contributed by atoms with E-state index in [9.17, 15) is 0 Å². The normalized spacial score (nSPS) is 10.8. The summed E-state index contributed by atoms with van der Waals surface area (Å²) in [5.41, 5.74) is 14.7. The molecule has 1 atom stereocenters. The van der Waals surface area contributed by atoms with E-state index in [0.29, 0.717) is 0 Å². The molecular weight excluding hydrogens is 462 g/mol. The molecule has 0 aromatic heterocycles. The number of hydrazine groups is 1. The molecule has 0 heterocycles. The number of rotatable bonds is 4. The van der Waals surface area contributed by atoms with Crippen molar-refractivity contribution in [1.29, 1.82) is 0 Å². The van der Waals surface area contributed by atoms with Gasteiger partial charge in [-0.15, -0.1) is 0 Å². The smallest absolute Gasteiger partial charge is 0.0551 e. The zero-order valence-corrected chi connectivity index (χ0v) is 21.1. The first-order chi connectivity index (χ1) is 17.6. The lowest BCUT2D eigenvalue weighted by Gasteiger charge is -2.14. The molecule has 0 bridgehead atoms. The average molecular weight is 494 g/mol. The highest BCUT2D eigenvalue weighted by atomic mass is 35.5. The van der Waals surface area contributed by atoms with Gasteiger partial charge >= 0.3 is 0 Å². The Hall–Kier alpha value is -3.73. The van der Waals surface area contributed by atoms with Crippen molar-refractivity contribution in [3.8, 4) is 22.3 Å². The van der Waals surface area contributed by atoms with Gasteiger partial charge in [-0.3, -0.25) is 11.7 Å². The fraction of sp³-hybridized carbons (Fsp3) is 0.0625. The predicted octanol–water partition coefficient (Wildman–Crippen LogP) is 7.54. The van der Waals surface area contributed by atoms with Crippen LogP contribution in [0.4, 0.5) is 0 Å². The molecule has 3 nitrogen and oxygen atoms in total. The lowest BCUT2D eigenvalue weighted by Crippen LogP contribution is -2.11. The van der Waals surface area contributed by atoms with Crippen molar-refractivity contribution in [2.75, 3.05) is 0 Å². The van der Waals surface area contributed by atoms with Crippen LogP contribution in [0.15, 0.2) is 133 Å². The van der Waals surface area contributed by atoms with Crippen LogP contribution in [-0.4, -0.2) is 0 Å². The second-order valence-corrected chi connectivity index (χ2v) is 8.69. The monoisotopic (exact) mass is 493 g/mol. The Balaban J connectivity index is 0.000000206. The quantitative estimate of drug-likeness (QED) is 0.179. The maximum Gasteiger partial charge on any atom is 0.0551 e. The van der Waals surface area contributed by atoms with Crippen molar-refractivity contribution in [2.24, 2.45) is 17.4 Å². The Bertz CT molecular complexity index is 1300. The van der Waals surface area contributed by atoms with Crippen molar-refractivity contribution >= 4 is 11.6 Å². The van der Waals surface area contributed by atoms with Gasteiger partial charge in [0.15, 0.2) is 0 Å². The maximum atomic E-state index is 6.37. The second-order valence-electron chi connectivity index (χ2n) is 8.25. The van der Waals surface area contributed by atoms with Crippen LogP contribution in [0, 0.1) is 6.92 Å². The summed E-state index contributed by atoms with van der Waals surface area (Å²) in [6.07, 6.45) is 0. The molecule has 0 saturated carbocycles. The van der Waals surface area contributed by atoms with E-state index in [0.717, 1.165) is 27.3 Å². The molecule has 0 aliphatic carbocycles. The van der Waals surface area contributed by atoms with Crippen LogP contribution >= 0.6 is 11.6 Å². The predicted molar refractivity (Wildman–Crippen MR) is 154 cm³/mol. The molecule has 4 heteroatoms. The summed E-state index contributed by atoms with van der Waals surface area (Å²) in [6, 6.07) is 45.2. The van der Waals surface area contributed by atoms with Crippen LogP contribution in [0.25, 0.3) is 22.3 Å². The molecule has 0 saturated heterocycles. The van der Waals surface area contributed by atoms with Gasteiger partial charge in [-0.1, -0.05) is 132 Å². The van der Waals surface area contributed by atoms with Crippen LogP contribution in [0.2, 0.25) is 5.02 Å². The van der Waals surface area contributed by atoms with Crippen molar-refractivity contribution in [3.63, 3.8) is 0 Å². The minimum absolute atomic E-state index is 0.113. The third-order valence-electron chi connectivity index (χ3n) is 5.74. The topological polar surface area (TPSA) is 78.1 Å². The summed E-state index contributed by atoms with van der Waals surface area (Å²) in [7, 11) is 0. The highest BCUT2D eigenvalue weighted by Crippen LogP contribution is 2.26. The SMILES string of the molecule is Cc1ccc(-c2ccccc2)cc1.NC(c1ccccc1)c1cccc(-c2ccc(Cl)cc2)c1.NN. The second kappa shape index (κ2) is 14.0. The highest BCUT2D eigenvalue weighted by Gasteiger charge is 2.09. The maximum absolute atomic E-state index is 6.37. The van der Waals surface area contributed by atoms with E-state index in [1.54, 1.807) is 0 Å². The van der Waals surface area contributed by atoms with Crippen LogP contribution in [0.5, 0.6) is 0 Å². The number of hydrogen-bond acceptors (Lipinski definition) is 3. The molecule has 0 aliphatic heterocycles. The molecule has 36 heavy (non-hydrogen) atoms. The van der Waals surface area contributed by atoms with Gasteiger partial charge in [-0.05, 0) is 58.5 Å². The van der Waals surface area contributed by atoms with Gasteiger partial charge in [0.05, 0.1) is 6.04 Å². The lowest BCUT2D eigenvalue weighted by atomic mass is 9.96. The van der Waals surface area contributed by atoms with E-state index < -0.39 is 0 Å². The van der Waals surface area contributed by atoms with Crippen LogP contribution in [0.1, 0.15) is 22.7 Å². The van der Waals surface area contributed by atoms with Crippen LogP contribution < -0.4 is 17.4 Å². The van der Waals surface area contributed by atoms with Crippen molar-refractivity contribution in [3.05, 3.63) is 155 Å². The number of benzene rings is 5. The van der Waals surface area contributed by atoms with E-state index in [4.69, 9.17) is 17.3 Å². The van der Waals surface area contributed by atoms with Crippen molar-refractivity contribution in [1.82, 2.24) is 0 Å². The molecule has 5 aromatic rings. The molecular formula is C32H32ClN3. The van der Waals surface area contributed by atoms with Crippen molar-refractivity contribution in [2.45, 2.75) is 13.0 Å². The number of aryl methyl sites for hydroxylation is 1. The summed E-state index contributed by atoms with van der Waals surface area (Å²) < 4.78 is 0. The third-order valence-corrected chi connectivity index (χ3v) is 5.99. The molecule has 5 aromatic carbocycles. The first kappa shape index (κ1) is 26.9. The van der Waals surface area contributed by atoms with Gasteiger partial charge in [0, 0.05) is 5.02 Å². The fourth-order valence-corrected chi connectivity index (χ4v) is 3.91. The standard InChI is InChI=1S/C19H16ClN.C13H12.H4N2/c20-18-11-9-14(10-12-18)16-7-4-8-17(13-16)19(21)15-5-2-1-3-6-15;1-11-7-9-13(10-8-11)12-5-3-2-4-6-12;1-2/h1-13,19H,21H2;2-10H,1H3;1-2H2. The summed E-state index contributed by atoms with van der Waals surface area (Å²) >= 11 is 5.94. The van der Waals surface area contributed by atoms with Gasteiger partial charge in [-0.2, -0.15) is 0 Å². The summed E-state index contributed by atoms with van der Waals surface area (Å²) in [5.74, 6) is 8.00. The molecule has 182 valence electrons. The Morgan fingerprint density at radius 3 is 1.56 bits per heavy atom. The molecule has 5 rings (SSSR count). The molecule has 0 amide bonds. The Morgan fingerprint density at radius 2 is 0.944 bits per heavy atom. The van der Waals surface area contributed by atoms with Gasteiger partial charge in [-0.25, -0.2) is 0 Å². The van der Waals surface area contributed by atoms with Gasteiger partial charge < -0.3 is 5.73 Å². The van der Waals surface area contributed by atoms with E-state index in [1.807, 2.05) is 54.6 Å². The zero-order valence-electron chi connectivity index (χ0n) is 20.4. The summed E-state index contributed by atoms with van der Waals surface area (Å²) in [5, 5.41) is 0.746. The highest BCUT2D eigenvalue weighted by molar-refractivity contribution is 6.30. The molecule has 6 N–H and O–H groups in total. The molecule has 1 unspecified atom stereocenters. The molecule has 0 aliphatic rings. The Labute approximate surface area is 219 Å². The van der Waals surface area contributed by atoms with Gasteiger partial charge in [0.2, 0.25) is 0 Å². The summed E-state index contributed by atoms with van der Waals surface area (Å²) in [6.45, 7) is 2.11. The van der Waals surface area contributed by atoms with Crippen LogP contribution in [0.3, 0.4) is 0 Å². The first-order valence-corrected chi connectivity index (χ1v) is 12.1. The van der Waals surface area contributed by atoms with Crippen molar-refractivity contribution < 1.29 is 0 Å². The van der Waals surface area contributed by atoms with Gasteiger partial charge in [0.25, 0.3) is 0 Å². The zero-order chi connectivity index (χ0) is 25.8. The fourth-order valence-electron chi connectivity index (χ4n) is 3.78. The average Bonchev–Trinajstić information content (AvgIpc) is 2.96. The number of hydrogen-bond donors (Lipinski definition) is 3. The minimum atomic E-state index is -0.113. The minimum Gasteiger partial charge on any atom is -0.320 e. The Kier molecular flexibility index (Phi) is 10.4. The largest absolute Gasteiger partial charge is 0.320 e.